The number of nitrogens with one attached hydrogen (secondary N) is 1. The largest absolute Gasteiger partial charge is 0.449 e. The summed E-state index contributed by atoms with van der Waals surface area (Å²) in [6.07, 6.45) is -4.83. The Balaban J connectivity index is 1.92. The normalized spacial score (nSPS) is 12.5. The summed E-state index contributed by atoms with van der Waals surface area (Å²) in [7, 11) is 0. The molecule has 0 fully saturated rings. The van der Waals surface area contributed by atoms with Gasteiger partial charge < -0.3 is 14.6 Å². The Kier molecular flexibility index (Phi) is 6.88. The van der Waals surface area contributed by atoms with Gasteiger partial charge >= 0.3 is 12.1 Å². The van der Waals surface area contributed by atoms with Crippen LogP contribution in [-0.2, 0) is 22.5 Å². The summed E-state index contributed by atoms with van der Waals surface area (Å²) in [5.41, 5.74) is 1.52. The molecule has 1 amide bonds. The van der Waals surface area contributed by atoms with Gasteiger partial charge in [-0.15, -0.1) is 0 Å². The molecule has 5 nitrogen and oxygen atoms in total. The first-order valence-corrected chi connectivity index (χ1v) is 8.84. The van der Waals surface area contributed by atoms with Crippen molar-refractivity contribution >= 4 is 11.9 Å². The quantitative estimate of drug-likeness (QED) is 0.728. The second kappa shape index (κ2) is 8.95. The number of benzene rings is 1. The van der Waals surface area contributed by atoms with Crippen molar-refractivity contribution < 1.29 is 27.5 Å². The van der Waals surface area contributed by atoms with Crippen LogP contribution in [0.2, 0.25) is 0 Å². The van der Waals surface area contributed by atoms with Gasteiger partial charge in [-0.1, -0.05) is 30.3 Å². The number of esters is 1. The third-order valence-electron chi connectivity index (χ3n) is 4.34. The molecule has 28 heavy (non-hydrogen) atoms. The number of nitrogens with zero attached hydrogens (tertiary/aromatic N) is 1. The highest BCUT2D eigenvalue weighted by Crippen LogP contribution is 2.23. The average molecular weight is 396 g/mol. The molecule has 0 spiro atoms. The number of hydrogen-bond acceptors (Lipinski definition) is 3. The Bertz CT molecular complexity index is 829. The van der Waals surface area contributed by atoms with Crippen molar-refractivity contribution in [2.24, 2.45) is 0 Å². The van der Waals surface area contributed by atoms with Crippen LogP contribution in [0.1, 0.15) is 34.2 Å². The number of halogens is 3. The second-order valence-corrected chi connectivity index (χ2v) is 6.56. The first kappa shape index (κ1) is 21.5. The Morgan fingerprint density at radius 3 is 2.43 bits per heavy atom. The molecule has 1 unspecified atom stereocenters. The van der Waals surface area contributed by atoms with Crippen LogP contribution in [0.4, 0.5) is 13.2 Å². The SMILES string of the molecule is Cc1cc(C(=O)OC(C)C(=O)NCCc2ccccc2)c(C)n1CC(F)(F)F. The molecule has 1 N–H and O–H groups in total. The lowest BCUT2D eigenvalue weighted by molar-refractivity contribution is -0.141. The molecule has 0 bridgehead atoms. The third-order valence-corrected chi connectivity index (χ3v) is 4.34. The maximum Gasteiger partial charge on any atom is 0.406 e. The van der Waals surface area contributed by atoms with E-state index in [1.165, 1.54) is 26.8 Å². The zero-order valence-corrected chi connectivity index (χ0v) is 16.0. The van der Waals surface area contributed by atoms with Crippen LogP contribution in [0.25, 0.3) is 0 Å². The third kappa shape index (κ3) is 5.87. The molecule has 0 saturated carbocycles. The number of aryl methyl sites for hydroxylation is 1. The van der Waals surface area contributed by atoms with Gasteiger partial charge in [0.15, 0.2) is 6.10 Å². The molecule has 1 heterocycles. The highest BCUT2D eigenvalue weighted by Gasteiger charge is 2.31. The van der Waals surface area contributed by atoms with Gasteiger partial charge in [-0.2, -0.15) is 13.2 Å². The monoisotopic (exact) mass is 396 g/mol. The van der Waals surface area contributed by atoms with E-state index in [1.54, 1.807) is 0 Å². The molecule has 1 aromatic carbocycles. The molecule has 0 aliphatic heterocycles. The van der Waals surface area contributed by atoms with Gasteiger partial charge in [0.05, 0.1) is 5.56 Å². The van der Waals surface area contributed by atoms with Crippen LogP contribution < -0.4 is 5.32 Å². The predicted molar refractivity (Wildman–Crippen MR) is 98.0 cm³/mol. The molecule has 0 saturated heterocycles. The van der Waals surface area contributed by atoms with Crippen LogP contribution in [-0.4, -0.2) is 35.3 Å². The van der Waals surface area contributed by atoms with Gasteiger partial charge in [0.1, 0.15) is 6.54 Å². The molecule has 1 atom stereocenters. The van der Waals surface area contributed by atoms with Crippen molar-refractivity contribution in [1.82, 2.24) is 9.88 Å². The Labute approximate surface area is 161 Å². The highest BCUT2D eigenvalue weighted by molar-refractivity contribution is 5.93. The Hall–Kier alpha value is -2.77. The van der Waals surface area contributed by atoms with Gasteiger partial charge in [0.2, 0.25) is 0 Å². The lowest BCUT2D eigenvalue weighted by Crippen LogP contribution is -2.37. The summed E-state index contributed by atoms with van der Waals surface area (Å²) in [6.45, 7) is 3.51. The fraction of sp³-hybridized carbons (Fsp3) is 0.400. The maximum atomic E-state index is 12.7. The molecule has 2 rings (SSSR count). The topological polar surface area (TPSA) is 60.3 Å². The van der Waals surface area contributed by atoms with Crippen molar-refractivity contribution in [1.29, 1.82) is 0 Å². The van der Waals surface area contributed by atoms with E-state index in [4.69, 9.17) is 4.74 Å². The minimum atomic E-state index is -4.40. The summed E-state index contributed by atoms with van der Waals surface area (Å²) in [5, 5.41) is 2.68. The van der Waals surface area contributed by atoms with Crippen LogP contribution in [0.3, 0.4) is 0 Å². The number of rotatable bonds is 7. The van der Waals surface area contributed by atoms with Gasteiger partial charge in [0.25, 0.3) is 5.91 Å². The van der Waals surface area contributed by atoms with E-state index < -0.39 is 30.7 Å². The van der Waals surface area contributed by atoms with Crippen molar-refractivity contribution in [3.63, 3.8) is 0 Å². The van der Waals surface area contributed by atoms with E-state index in [9.17, 15) is 22.8 Å². The minimum absolute atomic E-state index is 0.0192. The molecule has 2 aromatic rings. The Morgan fingerprint density at radius 2 is 1.82 bits per heavy atom. The molecule has 8 heteroatoms. The average Bonchev–Trinajstić information content (AvgIpc) is 2.89. The van der Waals surface area contributed by atoms with Crippen molar-refractivity contribution in [2.75, 3.05) is 6.54 Å². The number of hydrogen-bond donors (Lipinski definition) is 1. The van der Waals surface area contributed by atoms with Crippen LogP contribution in [0.15, 0.2) is 36.4 Å². The molecule has 1 aromatic heterocycles. The maximum absolute atomic E-state index is 12.7. The van der Waals surface area contributed by atoms with Gasteiger partial charge in [-0.25, -0.2) is 4.79 Å². The molecule has 0 aliphatic carbocycles. The number of carbonyl (C=O) groups is 2. The van der Waals surface area contributed by atoms with E-state index in [2.05, 4.69) is 5.32 Å². The molecule has 152 valence electrons. The summed E-state index contributed by atoms with van der Waals surface area (Å²) >= 11 is 0. The Morgan fingerprint density at radius 1 is 1.18 bits per heavy atom. The zero-order chi connectivity index (χ0) is 20.9. The number of ether oxygens (including phenoxy) is 1. The summed E-state index contributed by atoms with van der Waals surface area (Å²) in [4.78, 5) is 24.4. The van der Waals surface area contributed by atoms with Gasteiger partial charge in [0, 0.05) is 17.9 Å². The molecular formula is C20H23F3N2O3. The number of aromatic nitrogens is 1. The fourth-order valence-electron chi connectivity index (χ4n) is 2.83. The first-order valence-electron chi connectivity index (χ1n) is 8.84. The highest BCUT2D eigenvalue weighted by atomic mass is 19.4. The lowest BCUT2D eigenvalue weighted by atomic mass is 10.1. The van der Waals surface area contributed by atoms with Crippen LogP contribution in [0.5, 0.6) is 0 Å². The van der Waals surface area contributed by atoms with E-state index in [0.29, 0.717) is 18.7 Å². The van der Waals surface area contributed by atoms with Crippen molar-refractivity contribution in [2.45, 2.75) is 46.0 Å². The number of alkyl halides is 3. The zero-order valence-electron chi connectivity index (χ0n) is 16.0. The van der Waals surface area contributed by atoms with E-state index in [-0.39, 0.29) is 11.3 Å². The van der Waals surface area contributed by atoms with Gasteiger partial charge in [-0.05, 0) is 38.8 Å². The van der Waals surface area contributed by atoms with E-state index >= 15 is 0 Å². The van der Waals surface area contributed by atoms with E-state index in [0.717, 1.165) is 10.1 Å². The first-order chi connectivity index (χ1) is 13.1. The van der Waals surface area contributed by atoms with Crippen LogP contribution in [0, 0.1) is 13.8 Å². The van der Waals surface area contributed by atoms with Crippen LogP contribution >= 0.6 is 0 Å². The predicted octanol–water partition coefficient (Wildman–Crippen LogP) is 3.57. The van der Waals surface area contributed by atoms with E-state index in [1.807, 2.05) is 30.3 Å². The summed E-state index contributed by atoms with van der Waals surface area (Å²) in [5.74, 6) is -1.29. The fourth-order valence-corrected chi connectivity index (χ4v) is 2.83. The summed E-state index contributed by atoms with van der Waals surface area (Å²) in [6, 6.07) is 10.9. The minimum Gasteiger partial charge on any atom is -0.449 e. The molecule has 0 radical (unpaired) electrons. The van der Waals surface area contributed by atoms with Crippen molar-refractivity contribution in [3.05, 3.63) is 58.9 Å². The molecule has 0 aliphatic rings. The second-order valence-electron chi connectivity index (χ2n) is 6.56. The summed E-state index contributed by atoms with van der Waals surface area (Å²) < 4.78 is 44.2. The standard InChI is InChI=1S/C20H23F3N2O3/c1-13-11-17(14(2)25(13)12-20(21,22)23)19(27)28-15(3)18(26)24-10-9-16-7-5-4-6-8-16/h4-8,11,15H,9-10,12H2,1-3H3,(H,24,26). The lowest BCUT2D eigenvalue weighted by Gasteiger charge is -2.14. The number of amides is 1. The molecular weight excluding hydrogens is 373 g/mol. The van der Waals surface area contributed by atoms with Gasteiger partial charge in [-0.3, -0.25) is 4.79 Å². The number of carbonyl (C=O) groups excluding carboxylic acids is 2. The smallest absolute Gasteiger partial charge is 0.406 e. The van der Waals surface area contributed by atoms with Crippen molar-refractivity contribution in [3.8, 4) is 0 Å².